The minimum Gasteiger partial charge on any atom is -0.496 e. The first kappa shape index (κ1) is 13.5. The van der Waals surface area contributed by atoms with E-state index in [-0.39, 0.29) is 0 Å². The molecule has 0 saturated carbocycles. The molecule has 0 atom stereocenters. The van der Waals surface area contributed by atoms with Crippen LogP contribution in [0.25, 0.3) is 0 Å². The minimum atomic E-state index is 0.997. The van der Waals surface area contributed by atoms with Crippen LogP contribution in [0.3, 0.4) is 0 Å². The Bertz CT molecular complexity index is 315. The van der Waals surface area contributed by atoms with E-state index >= 15 is 0 Å². The summed E-state index contributed by atoms with van der Waals surface area (Å²) >= 11 is 3.49. The summed E-state index contributed by atoms with van der Waals surface area (Å²) in [6.07, 6.45) is 4.81. The second-order valence-corrected chi connectivity index (χ2v) is 4.79. The molecule has 0 radical (unpaired) electrons. The van der Waals surface area contributed by atoms with Gasteiger partial charge < -0.3 is 10.1 Å². The molecule has 0 aromatic heterocycles. The number of hydrogen-bond donors (Lipinski definition) is 1. The average molecular weight is 286 g/mol. The van der Waals surface area contributed by atoms with Crippen LogP contribution < -0.4 is 10.1 Å². The number of rotatable bonds is 7. The van der Waals surface area contributed by atoms with Crippen molar-refractivity contribution < 1.29 is 4.74 Å². The number of aryl methyl sites for hydroxylation is 1. The highest BCUT2D eigenvalue weighted by molar-refractivity contribution is 9.10. The van der Waals surface area contributed by atoms with Gasteiger partial charge in [0.2, 0.25) is 0 Å². The predicted molar refractivity (Wildman–Crippen MR) is 72.2 cm³/mol. The van der Waals surface area contributed by atoms with Crippen molar-refractivity contribution in [1.29, 1.82) is 0 Å². The maximum Gasteiger partial charge on any atom is 0.122 e. The lowest BCUT2D eigenvalue weighted by atomic mass is 10.1. The van der Waals surface area contributed by atoms with Gasteiger partial charge >= 0.3 is 0 Å². The molecule has 1 rings (SSSR count). The van der Waals surface area contributed by atoms with Crippen molar-refractivity contribution >= 4 is 15.9 Å². The standard InChI is InChI=1S/C13H20BrNO/c1-15-9-5-3-4-6-11-10-12(14)7-8-13(11)16-2/h7-8,10,15H,3-6,9H2,1-2H3. The molecule has 0 aliphatic rings. The third kappa shape index (κ3) is 4.54. The Hall–Kier alpha value is -0.540. The Kier molecular flexibility index (Phi) is 6.50. The maximum atomic E-state index is 5.35. The van der Waals surface area contributed by atoms with E-state index in [1.807, 2.05) is 19.2 Å². The summed E-state index contributed by atoms with van der Waals surface area (Å²) in [5, 5.41) is 3.17. The summed E-state index contributed by atoms with van der Waals surface area (Å²) < 4.78 is 6.47. The molecule has 0 fully saturated rings. The van der Waals surface area contributed by atoms with E-state index in [1.165, 1.54) is 24.8 Å². The number of ether oxygens (including phenoxy) is 1. The van der Waals surface area contributed by atoms with Gasteiger partial charge in [-0.3, -0.25) is 0 Å². The van der Waals surface area contributed by atoms with E-state index in [1.54, 1.807) is 7.11 Å². The molecule has 0 aliphatic carbocycles. The van der Waals surface area contributed by atoms with Crippen LogP contribution in [-0.2, 0) is 6.42 Å². The monoisotopic (exact) mass is 285 g/mol. The van der Waals surface area contributed by atoms with E-state index in [0.717, 1.165) is 23.2 Å². The number of unbranched alkanes of at least 4 members (excludes halogenated alkanes) is 2. The summed E-state index contributed by atoms with van der Waals surface area (Å²) in [6, 6.07) is 6.19. The second-order valence-electron chi connectivity index (χ2n) is 3.87. The Morgan fingerprint density at radius 3 is 2.75 bits per heavy atom. The van der Waals surface area contributed by atoms with Crippen LogP contribution in [0.4, 0.5) is 0 Å². The third-order valence-corrected chi connectivity index (χ3v) is 3.11. The van der Waals surface area contributed by atoms with Crippen LogP contribution >= 0.6 is 15.9 Å². The fraction of sp³-hybridized carbons (Fsp3) is 0.538. The fourth-order valence-corrected chi connectivity index (χ4v) is 2.15. The van der Waals surface area contributed by atoms with Gasteiger partial charge in [-0.2, -0.15) is 0 Å². The Balaban J connectivity index is 2.42. The van der Waals surface area contributed by atoms with Crippen LogP contribution in [0.2, 0.25) is 0 Å². The normalized spacial score (nSPS) is 10.4. The van der Waals surface area contributed by atoms with E-state index < -0.39 is 0 Å². The molecule has 1 N–H and O–H groups in total. The molecule has 1 aromatic carbocycles. The lowest BCUT2D eigenvalue weighted by molar-refractivity contribution is 0.408. The van der Waals surface area contributed by atoms with E-state index in [9.17, 15) is 0 Å². The molecular weight excluding hydrogens is 266 g/mol. The van der Waals surface area contributed by atoms with E-state index in [0.29, 0.717) is 0 Å². The summed E-state index contributed by atoms with van der Waals surface area (Å²) in [7, 11) is 3.73. The van der Waals surface area contributed by atoms with Gasteiger partial charge in [0, 0.05) is 4.47 Å². The zero-order chi connectivity index (χ0) is 11.8. The van der Waals surface area contributed by atoms with Crippen LogP contribution in [0, 0.1) is 0 Å². The van der Waals surface area contributed by atoms with Crippen molar-refractivity contribution in [3.63, 3.8) is 0 Å². The summed E-state index contributed by atoms with van der Waals surface area (Å²) in [4.78, 5) is 0. The number of nitrogens with one attached hydrogen (secondary N) is 1. The molecule has 0 spiro atoms. The molecule has 3 heteroatoms. The SMILES string of the molecule is CNCCCCCc1cc(Br)ccc1OC. The van der Waals surface area contributed by atoms with Gasteiger partial charge in [-0.05, 0) is 56.6 Å². The van der Waals surface area contributed by atoms with E-state index in [4.69, 9.17) is 4.74 Å². The van der Waals surface area contributed by atoms with Gasteiger partial charge in [-0.1, -0.05) is 22.4 Å². The summed E-state index contributed by atoms with van der Waals surface area (Å²) in [6.45, 7) is 1.11. The number of benzene rings is 1. The minimum absolute atomic E-state index is 0.997. The van der Waals surface area contributed by atoms with Gasteiger partial charge in [-0.15, -0.1) is 0 Å². The Labute approximate surface area is 107 Å². The smallest absolute Gasteiger partial charge is 0.122 e. The number of hydrogen-bond acceptors (Lipinski definition) is 2. The van der Waals surface area contributed by atoms with Crippen molar-refractivity contribution in [2.75, 3.05) is 20.7 Å². The first-order valence-corrected chi connectivity index (χ1v) is 6.54. The molecule has 0 bridgehead atoms. The highest BCUT2D eigenvalue weighted by atomic mass is 79.9. The van der Waals surface area contributed by atoms with Crippen LogP contribution in [0.1, 0.15) is 24.8 Å². The Morgan fingerprint density at radius 2 is 2.06 bits per heavy atom. The fourth-order valence-electron chi connectivity index (χ4n) is 1.74. The maximum absolute atomic E-state index is 5.35. The van der Waals surface area contributed by atoms with Crippen LogP contribution in [0.5, 0.6) is 5.75 Å². The van der Waals surface area contributed by atoms with Crippen LogP contribution in [0.15, 0.2) is 22.7 Å². The second kappa shape index (κ2) is 7.69. The third-order valence-electron chi connectivity index (χ3n) is 2.62. The first-order valence-electron chi connectivity index (χ1n) is 5.75. The van der Waals surface area contributed by atoms with Crippen molar-refractivity contribution in [3.05, 3.63) is 28.2 Å². The van der Waals surface area contributed by atoms with Gasteiger partial charge in [0.05, 0.1) is 7.11 Å². The summed E-state index contributed by atoms with van der Waals surface area (Å²) in [5.41, 5.74) is 1.29. The largest absolute Gasteiger partial charge is 0.496 e. The quantitative estimate of drug-likeness (QED) is 0.776. The predicted octanol–water partition coefficient (Wildman–Crippen LogP) is 3.39. The van der Waals surface area contributed by atoms with Crippen molar-refractivity contribution in [2.24, 2.45) is 0 Å². The molecule has 90 valence electrons. The summed E-state index contributed by atoms with van der Waals surface area (Å²) in [5.74, 6) is 0.997. The van der Waals surface area contributed by atoms with Gasteiger partial charge in [0.1, 0.15) is 5.75 Å². The van der Waals surface area contributed by atoms with Gasteiger partial charge in [0.15, 0.2) is 0 Å². The number of methoxy groups -OCH3 is 1. The molecule has 0 saturated heterocycles. The molecule has 0 aliphatic heterocycles. The Morgan fingerprint density at radius 1 is 1.25 bits per heavy atom. The van der Waals surface area contributed by atoms with Crippen LogP contribution in [-0.4, -0.2) is 20.7 Å². The highest BCUT2D eigenvalue weighted by Gasteiger charge is 2.03. The average Bonchev–Trinajstić information content (AvgIpc) is 2.29. The molecule has 1 aromatic rings. The topological polar surface area (TPSA) is 21.3 Å². The lowest BCUT2D eigenvalue weighted by Gasteiger charge is -2.08. The molecule has 16 heavy (non-hydrogen) atoms. The molecule has 0 amide bonds. The molecular formula is C13H20BrNO. The van der Waals surface area contributed by atoms with Crippen molar-refractivity contribution in [1.82, 2.24) is 5.32 Å². The van der Waals surface area contributed by atoms with Gasteiger partial charge in [0.25, 0.3) is 0 Å². The molecule has 0 heterocycles. The van der Waals surface area contributed by atoms with E-state index in [2.05, 4.69) is 27.3 Å². The van der Waals surface area contributed by atoms with Crippen molar-refractivity contribution in [2.45, 2.75) is 25.7 Å². The number of halogens is 1. The van der Waals surface area contributed by atoms with Gasteiger partial charge in [-0.25, -0.2) is 0 Å². The molecule has 0 unspecified atom stereocenters. The van der Waals surface area contributed by atoms with Crippen molar-refractivity contribution in [3.8, 4) is 5.75 Å². The zero-order valence-corrected chi connectivity index (χ0v) is 11.6. The lowest BCUT2D eigenvalue weighted by Crippen LogP contribution is -2.07. The first-order chi connectivity index (χ1) is 7.77. The highest BCUT2D eigenvalue weighted by Crippen LogP contribution is 2.24. The molecule has 2 nitrogen and oxygen atoms in total. The zero-order valence-electron chi connectivity index (χ0n) is 10.1.